The number of halogens is 6. The van der Waals surface area contributed by atoms with E-state index in [0.29, 0.717) is 25.2 Å². The maximum Gasteiger partial charge on any atom is 0.426 e. The first kappa shape index (κ1) is 24.5. The summed E-state index contributed by atoms with van der Waals surface area (Å²) in [4.78, 5) is 21.5. The van der Waals surface area contributed by atoms with Gasteiger partial charge >= 0.3 is 18.4 Å². The van der Waals surface area contributed by atoms with Crippen LogP contribution >= 0.6 is 0 Å². The Morgan fingerprint density at radius 2 is 1.76 bits per heavy atom. The van der Waals surface area contributed by atoms with E-state index in [0.717, 1.165) is 12.1 Å². The van der Waals surface area contributed by atoms with Crippen LogP contribution in [0.5, 0.6) is 0 Å². The van der Waals surface area contributed by atoms with Gasteiger partial charge in [0.2, 0.25) is 5.66 Å². The second-order valence-corrected chi connectivity index (χ2v) is 9.39. The van der Waals surface area contributed by atoms with Gasteiger partial charge in [-0.05, 0) is 42.8 Å². The molecule has 0 unspecified atom stereocenters. The fourth-order valence-corrected chi connectivity index (χ4v) is 5.01. The Balaban J connectivity index is 1.33. The van der Waals surface area contributed by atoms with E-state index in [-0.39, 0.29) is 34.4 Å². The van der Waals surface area contributed by atoms with Gasteiger partial charge in [0, 0.05) is 29.9 Å². The molecule has 3 aromatic rings. The van der Waals surface area contributed by atoms with Crippen LogP contribution in [0.1, 0.15) is 17.5 Å². The van der Waals surface area contributed by atoms with E-state index in [4.69, 9.17) is 0 Å². The highest BCUT2D eigenvalue weighted by molar-refractivity contribution is 6.04. The summed E-state index contributed by atoms with van der Waals surface area (Å²) in [6.45, 7) is 1.20. The zero-order valence-corrected chi connectivity index (χ0v) is 19.5. The fraction of sp³-hybridized carbons (Fsp3) is 0.280. The molecule has 0 spiro atoms. The average molecular weight is 534 g/mol. The molecule has 0 aliphatic carbocycles. The summed E-state index contributed by atoms with van der Waals surface area (Å²) < 4.78 is 80.3. The monoisotopic (exact) mass is 534 g/mol. The van der Waals surface area contributed by atoms with Crippen LogP contribution < -0.4 is 26.0 Å². The molecule has 6 rings (SSSR count). The number of aromatic nitrogens is 1. The Morgan fingerprint density at radius 3 is 2.47 bits per heavy atom. The van der Waals surface area contributed by atoms with E-state index >= 15 is 0 Å². The maximum absolute atomic E-state index is 13.5. The molecule has 3 aliphatic rings. The number of urea groups is 1. The molecule has 2 saturated heterocycles. The number of anilines is 3. The number of carbonyl (C=O) groups is 1. The predicted molar refractivity (Wildman–Crippen MR) is 127 cm³/mol. The molecule has 38 heavy (non-hydrogen) atoms. The molecule has 2 fully saturated rings. The zero-order valence-electron chi connectivity index (χ0n) is 19.5. The normalized spacial score (nSPS) is 19.8. The molecule has 0 radical (unpaired) electrons. The van der Waals surface area contributed by atoms with Gasteiger partial charge in [0.25, 0.3) is 0 Å². The summed E-state index contributed by atoms with van der Waals surface area (Å²) >= 11 is 0. The zero-order chi connectivity index (χ0) is 26.9. The van der Waals surface area contributed by atoms with E-state index < -0.39 is 29.6 Å². The van der Waals surface area contributed by atoms with Gasteiger partial charge in [0.1, 0.15) is 0 Å². The van der Waals surface area contributed by atoms with Crippen molar-refractivity contribution in [3.63, 3.8) is 0 Å². The van der Waals surface area contributed by atoms with Gasteiger partial charge in [0.05, 0.1) is 23.0 Å². The first-order chi connectivity index (χ1) is 18.0. The maximum atomic E-state index is 13.5. The first-order valence-electron chi connectivity index (χ1n) is 11.7. The van der Waals surface area contributed by atoms with Gasteiger partial charge < -0.3 is 10.2 Å². The third-order valence-corrected chi connectivity index (χ3v) is 7.00. The Labute approximate surface area is 212 Å². The smallest absolute Gasteiger partial charge is 0.366 e. The van der Waals surface area contributed by atoms with Crippen LogP contribution in [0.4, 0.5) is 48.3 Å². The van der Waals surface area contributed by atoms with Crippen molar-refractivity contribution in [3.05, 3.63) is 71.8 Å². The van der Waals surface area contributed by atoms with Gasteiger partial charge in [-0.3, -0.25) is 4.90 Å². The minimum absolute atomic E-state index is 0.112. The summed E-state index contributed by atoms with van der Waals surface area (Å²) in [5.41, 5.74) is 2.27. The minimum Gasteiger partial charge on any atom is -0.366 e. The molecule has 2 bridgehead atoms. The van der Waals surface area contributed by atoms with E-state index in [1.54, 1.807) is 12.1 Å². The number of hydrogen-bond donors (Lipinski definition) is 3. The lowest BCUT2D eigenvalue weighted by molar-refractivity contribution is -0.165. The number of fused-ring (bicyclic) bond motifs is 4. The van der Waals surface area contributed by atoms with Crippen LogP contribution in [-0.2, 0) is 11.8 Å². The molecule has 3 aliphatic heterocycles. The number of nitrogens with zero attached hydrogens (tertiary/aromatic N) is 3. The molecular formula is C25H20F6N6O. The quantitative estimate of drug-likeness (QED) is 0.317. The van der Waals surface area contributed by atoms with Crippen molar-refractivity contribution in [1.82, 2.24) is 15.8 Å². The van der Waals surface area contributed by atoms with Crippen molar-refractivity contribution in [1.29, 1.82) is 0 Å². The standard InChI is InChI=1S/C25H20F6N6O/c26-24(27,28)16-5-1-3-14(11-16)19-7-8-20-21(33-19)37(18-9-10-36(20)13-18)22(38)32-17-6-2-4-15(12-17)23(34-35-23)25(29,30)31/h1-8,11-12,18,34-35H,9-10,13H2,(H,32,38)/t18-/m0/s1. The van der Waals surface area contributed by atoms with Gasteiger partial charge in [0.15, 0.2) is 5.82 Å². The van der Waals surface area contributed by atoms with Crippen LogP contribution in [0.25, 0.3) is 11.3 Å². The molecule has 4 heterocycles. The number of rotatable bonds is 3. The Bertz CT molecular complexity index is 1420. The van der Waals surface area contributed by atoms with Gasteiger partial charge in [-0.15, -0.1) is 0 Å². The molecule has 3 N–H and O–H groups in total. The van der Waals surface area contributed by atoms with Crippen LogP contribution in [0.2, 0.25) is 0 Å². The number of amides is 2. The molecule has 198 valence electrons. The average Bonchev–Trinajstić information content (AvgIpc) is 3.60. The van der Waals surface area contributed by atoms with E-state index in [1.807, 2.05) is 4.90 Å². The largest absolute Gasteiger partial charge is 0.426 e. The lowest BCUT2D eigenvalue weighted by Gasteiger charge is -2.36. The third-order valence-electron chi connectivity index (χ3n) is 7.00. The van der Waals surface area contributed by atoms with E-state index in [2.05, 4.69) is 21.2 Å². The van der Waals surface area contributed by atoms with Crippen LogP contribution in [0.15, 0.2) is 60.7 Å². The molecule has 1 atom stereocenters. The number of carbonyl (C=O) groups excluding carboxylic acids is 1. The van der Waals surface area contributed by atoms with E-state index in [1.165, 1.54) is 41.3 Å². The highest BCUT2D eigenvalue weighted by atomic mass is 19.4. The summed E-state index contributed by atoms with van der Waals surface area (Å²) in [7, 11) is 0. The van der Waals surface area contributed by atoms with Crippen molar-refractivity contribution < 1.29 is 31.1 Å². The number of benzene rings is 2. The summed E-state index contributed by atoms with van der Waals surface area (Å²) in [5, 5.41) is 2.67. The van der Waals surface area contributed by atoms with Crippen molar-refractivity contribution in [3.8, 4) is 11.3 Å². The van der Waals surface area contributed by atoms with Crippen molar-refractivity contribution >= 4 is 23.2 Å². The second-order valence-electron chi connectivity index (χ2n) is 9.39. The number of alkyl halides is 6. The summed E-state index contributed by atoms with van der Waals surface area (Å²) in [6.07, 6.45) is -8.49. The van der Waals surface area contributed by atoms with Crippen LogP contribution in [0.3, 0.4) is 0 Å². The topological polar surface area (TPSA) is 92.3 Å². The van der Waals surface area contributed by atoms with Crippen molar-refractivity contribution in [2.45, 2.75) is 30.5 Å². The molecule has 13 heteroatoms. The van der Waals surface area contributed by atoms with Gasteiger partial charge in [-0.25, -0.2) is 20.6 Å². The van der Waals surface area contributed by atoms with Crippen molar-refractivity contribution in [2.75, 3.05) is 28.2 Å². The first-order valence-corrected chi connectivity index (χ1v) is 11.7. The Morgan fingerprint density at radius 1 is 1.00 bits per heavy atom. The minimum atomic E-state index is -4.60. The summed E-state index contributed by atoms with van der Waals surface area (Å²) in [5.74, 6) is 0.277. The molecule has 7 nitrogen and oxygen atoms in total. The molecule has 2 aromatic carbocycles. The van der Waals surface area contributed by atoms with Crippen LogP contribution in [-0.4, -0.2) is 36.3 Å². The third kappa shape index (κ3) is 4.02. The summed E-state index contributed by atoms with van der Waals surface area (Å²) in [6, 6.07) is 12.7. The predicted octanol–water partition coefficient (Wildman–Crippen LogP) is 5.22. The highest BCUT2D eigenvalue weighted by Crippen LogP contribution is 2.43. The number of hydrogen-bond acceptors (Lipinski definition) is 5. The van der Waals surface area contributed by atoms with Gasteiger partial charge in [-0.1, -0.05) is 24.3 Å². The number of hydrazine groups is 1. The Hall–Kier alpha value is -3.84. The number of nitrogens with one attached hydrogen (secondary N) is 3. The van der Waals surface area contributed by atoms with Gasteiger partial charge in [-0.2, -0.15) is 26.3 Å². The fourth-order valence-electron chi connectivity index (χ4n) is 5.01. The molecule has 0 saturated carbocycles. The van der Waals surface area contributed by atoms with Crippen LogP contribution in [0, 0.1) is 0 Å². The second kappa shape index (κ2) is 8.33. The Kier molecular flexibility index (Phi) is 5.37. The molecule has 2 amide bonds. The number of pyridine rings is 1. The lowest BCUT2D eigenvalue weighted by atomic mass is 10.0. The molecule has 1 aromatic heterocycles. The lowest BCUT2D eigenvalue weighted by Crippen LogP contribution is -2.48. The highest BCUT2D eigenvalue weighted by Gasteiger charge is 2.65. The SMILES string of the molecule is O=C(Nc1cccc(C2(C(F)(F)F)NN2)c1)N1c2nc(-c3cccc(C(F)(F)F)c3)ccc2N2CC[C@H]1C2. The van der Waals surface area contributed by atoms with Crippen molar-refractivity contribution in [2.24, 2.45) is 0 Å². The van der Waals surface area contributed by atoms with E-state index in [9.17, 15) is 31.1 Å². The molecular weight excluding hydrogens is 514 g/mol.